The van der Waals surface area contributed by atoms with Gasteiger partial charge in [0.2, 0.25) is 0 Å². The fraction of sp³-hybridized carbons (Fsp3) is 1.00. The molecule has 0 aliphatic carbocycles. The second-order valence-electron chi connectivity index (χ2n) is 4.89. The third-order valence-electron chi connectivity index (χ3n) is 3.68. The van der Waals surface area contributed by atoms with E-state index in [0.29, 0.717) is 6.61 Å². The minimum absolute atomic E-state index is 0.0140. The van der Waals surface area contributed by atoms with Crippen molar-refractivity contribution in [2.45, 2.75) is 50.3 Å². The molecule has 2 heterocycles. The van der Waals surface area contributed by atoms with E-state index in [0.717, 1.165) is 0 Å². The molecule has 2 bridgehead atoms. The molecule has 0 saturated carbocycles. The molecule has 0 spiro atoms. The highest BCUT2D eigenvalue weighted by atomic mass is 16.7. The summed E-state index contributed by atoms with van der Waals surface area (Å²) in [7, 11) is 3.38. The first-order valence-corrected chi connectivity index (χ1v) is 5.36. The minimum Gasteiger partial charge on any atom is -0.381 e. The summed E-state index contributed by atoms with van der Waals surface area (Å²) in [5.41, 5.74) is -0.832. The van der Waals surface area contributed by atoms with E-state index in [1.807, 2.05) is 20.8 Å². The summed E-state index contributed by atoms with van der Waals surface area (Å²) in [6.07, 6.45) is 0.0423. The molecule has 2 saturated heterocycles. The lowest BCUT2D eigenvalue weighted by molar-refractivity contribution is -0.237. The Morgan fingerprint density at radius 3 is 2.40 bits per heavy atom. The van der Waals surface area contributed by atoms with Crippen molar-refractivity contribution in [3.05, 3.63) is 0 Å². The number of rotatable bonds is 3. The third kappa shape index (κ3) is 1.29. The lowest BCUT2D eigenvalue weighted by atomic mass is 9.84. The van der Waals surface area contributed by atoms with Crippen LogP contribution < -0.4 is 0 Å². The van der Waals surface area contributed by atoms with Gasteiger partial charge in [-0.3, -0.25) is 0 Å². The topological polar surface area (TPSA) is 36.9 Å². The molecule has 0 aromatic carbocycles. The van der Waals surface area contributed by atoms with Crippen molar-refractivity contribution < 1.29 is 18.9 Å². The van der Waals surface area contributed by atoms with Crippen molar-refractivity contribution in [1.82, 2.24) is 0 Å². The zero-order valence-corrected chi connectivity index (χ0v) is 10.1. The van der Waals surface area contributed by atoms with Gasteiger partial charge in [0.1, 0.15) is 17.8 Å². The van der Waals surface area contributed by atoms with Crippen LogP contribution in [0.25, 0.3) is 0 Å². The molecule has 4 nitrogen and oxygen atoms in total. The monoisotopic (exact) mass is 216 g/mol. The standard InChI is InChI=1S/C11H20O4/c1-7-8-9(13-5)11(14-7,6-12-4)10(2,3)15-8/h7-9H,6H2,1-5H3. The number of methoxy groups -OCH3 is 2. The van der Waals surface area contributed by atoms with E-state index in [1.54, 1.807) is 14.2 Å². The first-order chi connectivity index (χ1) is 6.98. The van der Waals surface area contributed by atoms with Gasteiger partial charge < -0.3 is 18.9 Å². The van der Waals surface area contributed by atoms with Gasteiger partial charge in [0.05, 0.1) is 18.3 Å². The van der Waals surface area contributed by atoms with Crippen molar-refractivity contribution in [2.24, 2.45) is 0 Å². The van der Waals surface area contributed by atoms with Gasteiger partial charge in [-0.2, -0.15) is 0 Å². The van der Waals surface area contributed by atoms with Crippen LogP contribution in [0, 0.1) is 0 Å². The van der Waals surface area contributed by atoms with Gasteiger partial charge in [0.15, 0.2) is 0 Å². The molecule has 2 aliphatic rings. The number of hydrogen-bond acceptors (Lipinski definition) is 4. The van der Waals surface area contributed by atoms with Crippen molar-refractivity contribution in [3.8, 4) is 0 Å². The molecule has 0 aromatic rings. The van der Waals surface area contributed by atoms with Crippen LogP contribution in [0.2, 0.25) is 0 Å². The highest BCUT2D eigenvalue weighted by molar-refractivity contribution is 5.17. The molecule has 4 unspecified atom stereocenters. The van der Waals surface area contributed by atoms with Crippen LogP contribution in [-0.4, -0.2) is 50.3 Å². The Morgan fingerprint density at radius 1 is 1.20 bits per heavy atom. The Hall–Kier alpha value is -0.160. The molecular formula is C11H20O4. The Labute approximate surface area is 90.8 Å². The second kappa shape index (κ2) is 3.42. The van der Waals surface area contributed by atoms with Crippen molar-refractivity contribution >= 4 is 0 Å². The molecule has 0 amide bonds. The molecule has 4 atom stereocenters. The predicted octanol–water partition coefficient (Wildman–Crippen LogP) is 0.983. The maximum Gasteiger partial charge on any atom is 0.149 e. The summed E-state index contributed by atoms with van der Waals surface area (Å²) in [5.74, 6) is 0. The third-order valence-corrected chi connectivity index (χ3v) is 3.68. The lowest BCUT2D eigenvalue weighted by Crippen LogP contribution is -2.57. The van der Waals surface area contributed by atoms with Crippen molar-refractivity contribution in [2.75, 3.05) is 20.8 Å². The maximum atomic E-state index is 6.03. The van der Waals surface area contributed by atoms with Crippen LogP contribution >= 0.6 is 0 Å². The molecule has 88 valence electrons. The van der Waals surface area contributed by atoms with E-state index < -0.39 is 5.60 Å². The quantitative estimate of drug-likeness (QED) is 0.705. The van der Waals surface area contributed by atoms with E-state index in [9.17, 15) is 0 Å². The largest absolute Gasteiger partial charge is 0.381 e. The van der Waals surface area contributed by atoms with Gasteiger partial charge in [-0.25, -0.2) is 0 Å². The number of ether oxygens (including phenoxy) is 4. The first kappa shape index (κ1) is 11.3. The predicted molar refractivity (Wildman–Crippen MR) is 54.9 cm³/mol. The fourth-order valence-electron chi connectivity index (χ4n) is 2.89. The van der Waals surface area contributed by atoms with Gasteiger partial charge in [0, 0.05) is 14.2 Å². The van der Waals surface area contributed by atoms with Crippen LogP contribution in [0.1, 0.15) is 20.8 Å². The van der Waals surface area contributed by atoms with Gasteiger partial charge in [0.25, 0.3) is 0 Å². The highest BCUT2D eigenvalue weighted by Gasteiger charge is 2.69. The fourth-order valence-corrected chi connectivity index (χ4v) is 2.89. The maximum absolute atomic E-state index is 6.03. The molecule has 15 heavy (non-hydrogen) atoms. The van der Waals surface area contributed by atoms with Crippen molar-refractivity contribution in [1.29, 1.82) is 0 Å². The molecular weight excluding hydrogens is 196 g/mol. The smallest absolute Gasteiger partial charge is 0.149 e. The Bertz CT molecular complexity index is 253. The van der Waals surface area contributed by atoms with Crippen LogP contribution in [0.5, 0.6) is 0 Å². The van der Waals surface area contributed by atoms with Gasteiger partial charge >= 0.3 is 0 Å². The first-order valence-electron chi connectivity index (χ1n) is 5.36. The minimum atomic E-state index is -0.472. The highest BCUT2D eigenvalue weighted by Crippen LogP contribution is 2.51. The molecule has 0 radical (unpaired) electrons. The Morgan fingerprint density at radius 2 is 1.87 bits per heavy atom. The van der Waals surface area contributed by atoms with E-state index >= 15 is 0 Å². The summed E-state index contributed by atoms with van der Waals surface area (Å²) in [5, 5.41) is 0. The summed E-state index contributed by atoms with van der Waals surface area (Å²) in [4.78, 5) is 0. The molecule has 2 fully saturated rings. The molecule has 4 heteroatoms. The zero-order chi connectivity index (χ0) is 11.3. The molecule has 2 rings (SSSR count). The van der Waals surface area contributed by atoms with Crippen LogP contribution in [0.15, 0.2) is 0 Å². The summed E-state index contributed by atoms with van der Waals surface area (Å²) >= 11 is 0. The Kier molecular flexibility index (Phi) is 2.58. The summed E-state index contributed by atoms with van der Waals surface area (Å²) in [6.45, 7) is 6.58. The summed E-state index contributed by atoms with van der Waals surface area (Å²) < 4.78 is 22.8. The molecule has 0 aromatic heterocycles. The van der Waals surface area contributed by atoms with E-state index in [-0.39, 0.29) is 23.9 Å². The van der Waals surface area contributed by atoms with Gasteiger partial charge in [-0.05, 0) is 20.8 Å². The summed E-state index contributed by atoms with van der Waals surface area (Å²) in [6, 6.07) is 0. The zero-order valence-electron chi connectivity index (χ0n) is 10.1. The second-order valence-corrected chi connectivity index (χ2v) is 4.89. The SMILES string of the molecule is COCC12OC(C)C(OC1(C)C)C2OC. The van der Waals surface area contributed by atoms with Gasteiger partial charge in [-0.15, -0.1) is 0 Å². The van der Waals surface area contributed by atoms with E-state index in [4.69, 9.17) is 18.9 Å². The van der Waals surface area contributed by atoms with E-state index in [1.165, 1.54) is 0 Å². The number of hydrogen-bond donors (Lipinski definition) is 0. The molecule has 2 aliphatic heterocycles. The lowest BCUT2D eigenvalue weighted by Gasteiger charge is -2.42. The average Bonchev–Trinajstić information content (AvgIpc) is 2.51. The normalized spacial score (nSPS) is 47.4. The van der Waals surface area contributed by atoms with Crippen LogP contribution in [0.4, 0.5) is 0 Å². The van der Waals surface area contributed by atoms with Crippen LogP contribution in [-0.2, 0) is 18.9 Å². The molecule has 0 N–H and O–H groups in total. The Balaban J connectivity index is 2.35. The average molecular weight is 216 g/mol. The van der Waals surface area contributed by atoms with E-state index in [2.05, 4.69) is 0 Å². The van der Waals surface area contributed by atoms with Crippen molar-refractivity contribution in [3.63, 3.8) is 0 Å². The van der Waals surface area contributed by atoms with Crippen LogP contribution in [0.3, 0.4) is 0 Å². The number of fused-ring (bicyclic) bond motifs is 2. The van der Waals surface area contributed by atoms with Gasteiger partial charge in [-0.1, -0.05) is 0 Å².